The van der Waals surface area contributed by atoms with Crippen LogP contribution in [-0.4, -0.2) is 33.2 Å². The Balaban J connectivity index is 1.26. The molecule has 6 bridgehead atoms. The Morgan fingerprint density at radius 3 is 1.64 bits per heavy atom. The number of amides is 2. The lowest BCUT2D eigenvalue weighted by molar-refractivity contribution is -0.663. The number of benzene rings is 4. The fourth-order valence-electron chi connectivity index (χ4n) is 6.69. The molecule has 1 aliphatic rings. The predicted molar refractivity (Wildman–Crippen MR) is 172 cm³/mol. The largest absolute Gasteiger partial charge is 0.338 e. The fourth-order valence-corrected chi connectivity index (χ4v) is 6.69. The number of nitrogens with zero attached hydrogens (tertiary/aromatic N) is 5. The van der Waals surface area contributed by atoms with Gasteiger partial charge in [0.1, 0.15) is 13.1 Å². The van der Waals surface area contributed by atoms with Crippen molar-refractivity contribution in [1.29, 1.82) is 0 Å². The summed E-state index contributed by atoms with van der Waals surface area (Å²) in [5.41, 5.74) is 9.21. The van der Waals surface area contributed by atoms with Crippen LogP contribution in [0, 0.1) is 0 Å². The molecule has 0 unspecified atom stereocenters. The number of fused-ring (bicyclic) bond motifs is 10. The van der Waals surface area contributed by atoms with E-state index < -0.39 is 0 Å². The Morgan fingerprint density at radius 1 is 0.614 bits per heavy atom. The van der Waals surface area contributed by atoms with Gasteiger partial charge < -0.3 is 10.6 Å². The van der Waals surface area contributed by atoms with E-state index in [0.717, 1.165) is 47.7 Å². The summed E-state index contributed by atoms with van der Waals surface area (Å²) in [7, 11) is 0. The molecule has 3 aromatic heterocycles. The molecule has 2 amide bonds. The summed E-state index contributed by atoms with van der Waals surface area (Å²) in [4.78, 5) is 17.9. The summed E-state index contributed by atoms with van der Waals surface area (Å²) in [5, 5.41) is 8.38. The molecule has 7 aromatic rings. The third-order valence-electron chi connectivity index (χ3n) is 8.80. The minimum atomic E-state index is -0.109. The van der Waals surface area contributed by atoms with Gasteiger partial charge in [-0.05, 0) is 30.3 Å². The van der Waals surface area contributed by atoms with Gasteiger partial charge in [-0.25, -0.2) is 28.0 Å². The van der Waals surface area contributed by atoms with Crippen molar-refractivity contribution in [1.82, 2.24) is 24.8 Å². The molecule has 8 nitrogen and oxygen atoms in total. The van der Waals surface area contributed by atoms with E-state index in [1.54, 1.807) is 0 Å². The second kappa shape index (κ2) is 11.1. The van der Waals surface area contributed by atoms with Gasteiger partial charge in [0, 0.05) is 47.8 Å². The van der Waals surface area contributed by atoms with Crippen molar-refractivity contribution in [2.45, 2.75) is 39.0 Å². The molecule has 1 aliphatic heterocycles. The minimum absolute atomic E-state index is 0.109. The highest BCUT2D eigenvalue weighted by Crippen LogP contribution is 2.26. The molecule has 0 spiro atoms. The third kappa shape index (κ3) is 4.82. The van der Waals surface area contributed by atoms with E-state index in [1.165, 1.54) is 33.2 Å². The molecule has 2 N–H and O–H groups in total. The van der Waals surface area contributed by atoms with Gasteiger partial charge in [-0.1, -0.05) is 60.7 Å². The van der Waals surface area contributed by atoms with E-state index in [2.05, 4.69) is 133 Å². The van der Waals surface area contributed by atoms with Gasteiger partial charge in [0.15, 0.2) is 22.1 Å². The van der Waals surface area contributed by atoms with Crippen LogP contribution < -0.4 is 19.8 Å². The average molecular weight is 582 g/mol. The zero-order valence-electron chi connectivity index (χ0n) is 24.6. The van der Waals surface area contributed by atoms with Crippen LogP contribution >= 0.6 is 0 Å². The second-order valence-corrected chi connectivity index (χ2v) is 11.7. The van der Waals surface area contributed by atoms with Gasteiger partial charge in [-0.15, -0.1) is 0 Å². The van der Waals surface area contributed by atoms with Gasteiger partial charge in [-0.2, -0.15) is 0 Å². The zero-order valence-corrected chi connectivity index (χ0v) is 24.6. The van der Waals surface area contributed by atoms with Crippen LogP contribution in [0.5, 0.6) is 0 Å². The first-order valence-corrected chi connectivity index (χ1v) is 15.5. The van der Waals surface area contributed by atoms with E-state index in [1.807, 2.05) is 0 Å². The molecule has 44 heavy (non-hydrogen) atoms. The van der Waals surface area contributed by atoms with E-state index in [-0.39, 0.29) is 6.03 Å². The average Bonchev–Trinajstić information content (AvgIpc) is 3.58. The minimum Gasteiger partial charge on any atom is -0.338 e. The normalized spacial score (nSPS) is 15.0. The maximum Gasteiger partial charge on any atom is 0.314 e. The van der Waals surface area contributed by atoms with Crippen LogP contribution in [0.1, 0.15) is 24.0 Å². The summed E-state index contributed by atoms with van der Waals surface area (Å²) in [5.74, 6) is 0. The number of nitrogens with one attached hydrogen (secondary N) is 2. The van der Waals surface area contributed by atoms with Gasteiger partial charge in [0.25, 0.3) is 0 Å². The van der Waals surface area contributed by atoms with Crippen LogP contribution in [0.2, 0.25) is 0 Å². The number of pyridine rings is 1. The lowest BCUT2D eigenvalue weighted by Crippen LogP contribution is -2.37. The number of hydrogen-bond acceptors (Lipinski definition) is 2. The summed E-state index contributed by atoms with van der Waals surface area (Å²) in [6, 6.07) is 32.3. The van der Waals surface area contributed by atoms with E-state index in [9.17, 15) is 4.79 Å². The number of hydrogen-bond donors (Lipinski definition) is 2. The first kappa shape index (κ1) is 26.4. The van der Waals surface area contributed by atoms with Crippen molar-refractivity contribution in [3.63, 3.8) is 0 Å². The van der Waals surface area contributed by atoms with E-state index in [4.69, 9.17) is 4.98 Å². The highest BCUT2D eigenvalue weighted by molar-refractivity contribution is 5.95. The van der Waals surface area contributed by atoms with Crippen molar-refractivity contribution < 1.29 is 13.9 Å². The van der Waals surface area contributed by atoms with E-state index in [0.29, 0.717) is 26.2 Å². The van der Waals surface area contributed by atoms with Crippen LogP contribution in [0.15, 0.2) is 104 Å². The quantitative estimate of drug-likeness (QED) is 0.194. The van der Waals surface area contributed by atoms with Gasteiger partial charge >= 0.3 is 6.03 Å². The number of rotatable bonds is 0. The summed E-state index contributed by atoms with van der Waals surface area (Å²) in [6.45, 7) is 4.29. The van der Waals surface area contributed by atoms with Crippen LogP contribution in [0.4, 0.5) is 4.79 Å². The van der Waals surface area contributed by atoms with Gasteiger partial charge in [0.2, 0.25) is 12.7 Å². The maximum absolute atomic E-state index is 12.5. The molecular formula is C36H35N7O+2. The standard InChI is InChI=1S/C36H34N7O/c44-36-37-17-7-19-40-24-42(32-15-3-1-13-30(32)40)22-28-11-5-9-26-21-27-10-6-12-29(35(27)39-34(26)28)23-43-25-41(20-8-18-38-36)31-14-2-4-16-33(31)43/h1-6,9-16,21,24-25H,7-8,17-20,22-23H2,(H-,37,38,44)/q+1/p+1. The number of carbonyl (C=O) groups is 1. The number of aryl methyl sites for hydroxylation is 2. The van der Waals surface area contributed by atoms with Crippen molar-refractivity contribution in [2.75, 3.05) is 13.1 Å². The molecule has 0 radical (unpaired) electrons. The highest BCUT2D eigenvalue weighted by Gasteiger charge is 2.19. The number of para-hydroxylation sites is 6. The Hall–Kier alpha value is -5.24. The molecule has 4 heterocycles. The number of aromatic nitrogens is 5. The Morgan fingerprint density at radius 2 is 1.11 bits per heavy atom. The number of urea groups is 1. The highest BCUT2D eigenvalue weighted by atomic mass is 16.2. The summed E-state index contributed by atoms with van der Waals surface area (Å²) >= 11 is 0. The molecule has 4 aromatic carbocycles. The molecule has 218 valence electrons. The van der Waals surface area contributed by atoms with Gasteiger partial charge in [-0.3, -0.25) is 0 Å². The Bertz CT molecular complexity index is 2030. The Kier molecular flexibility index (Phi) is 6.67. The SMILES string of the molecule is O=C1NCCCn2c[n+](c3ccccc32)Cc2cccc3cc4cccc(c4nc23)C[n+]2cn(c3ccccc32)CCCN1. The van der Waals surface area contributed by atoms with E-state index >= 15 is 0 Å². The monoisotopic (exact) mass is 581 g/mol. The molecule has 0 atom stereocenters. The van der Waals surface area contributed by atoms with Crippen LogP contribution in [-0.2, 0) is 26.2 Å². The second-order valence-electron chi connectivity index (χ2n) is 11.7. The molecule has 0 fully saturated rings. The molecule has 0 saturated heterocycles. The fraction of sp³-hybridized carbons (Fsp3) is 0.222. The Labute approximate surface area is 255 Å². The molecular weight excluding hydrogens is 546 g/mol. The van der Waals surface area contributed by atoms with Gasteiger partial charge in [0.05, 0.1) is 24.1 Å². The molecule has 0 saturated carbocycles. The number of carbonyl (C=O) groups excluding carboxylic acids is 1. The van der Waals surface area contributed by atoms with Crippen molar-refractivity contribution in [3.8, 4) is 0 Å². The summed E-state index contributed by atoms with van der Waals surface area (Å²) < 4.78 is 9.22. The van der Waals surface area contributed by atoms with Crippen molar-refractivity contribution in [3.05, 3.63) is 115 Å². The number of imidazole rings is 2. The maximum atomic E-state index is 12.5. The first-order valence-electron chi connectivity index (χ1n) is 15.5. The lowest BCUT2D eigenvalue weighted by atomic mass is 10.0. The molecule has 0 aliphatic carbocycles. The lowest BCUT2D eigenvalue weighted by Gasteiger charge is -2.09. The summed E-state index contributed by atoms with van der Waals surface area (Å²) in [6.07, 6.45) is 6.08. The first-order chi connectivity index (χ1) is 21.7. The van der Waals surface area contributed by atoms with Crippen molar-refractivity contribution in [2.24, 2.45) is 0 Å². The third-order valence-corrected chi connectivity index (χ3v) is 8.80. The zero-order chi connectivity index (χ0) is 29.5. The predicted octanol–water partition coefficient (Wildman–Crippen LogP) is 5.06. The van der Waals surface area contributed by atoms with Crippen LogP contribution in [0.25, 0.3) is 43.9 Å². The molecule has 8 rings (SSSR count). The van der Waals surface area contributed by atoms with Crippen LogP contribution in [0.3, 0.4) is 0 Å². The smallest absolute Gasteiger partial charge is 0.314 e. The topological polar surface area (TPSA) is 71.6 Å². The van der Waals surface area contributed by atoms with Crippen molar-refractivity contribution >= 4 is 49.9 Å². The molecule has 8 heteroatoms.